The highest BCUT2D eigenvalue weighted by molar-refractivity contribution is 5.99. The zero-order valence-electron chi connectivity index (χ0n) is 18.1. The molecule has 162 valence electrons. The van der Waals surface area contributed by atoms with E-state index in [2.05, 4.69) is 63.4 Å². The van der Waals surface area contributed by atoms with Crippen molar-refractivity contribution in [1.29, 1.82) is 0 Å². The number of carbonyl (C=O) groups excluding carboxylic acids is 1. The third kappa shape index (κ3) is 4.35. The molecule has 1 aromatic heterocycles. The van der Waals surface area contributed by atoms with E-state index in [1.807, 2.05) is 0 Å². The van der Waals surface area contributed by atoms with Crippen molar-refractivity contribution in [2.24, 2.45) is 0 Å². The van der Waals surface area contributed by atoms with Crippen LogP contribution in [0.25, 0.3) is 33.5 Å². The van der Waals surface area contributed by atoms with E-state index in [0.717, 1.165) is 29.0 Å². The number of hydrogen-bond donors (Lipinski definition) is 2. The maximum absolute atomic E-state index is 11.7. The predicted molar refractivity (Wildman–Crippen MR) is 128 cm³/mol. The lowest BCUT2D eigenvalue weighted by atomic mass is 10.0. The monoisotopic (exact) mass is 425 g/mol. The molecule has 0 spiro atoms. The summed E-state index contributed by atoms with van der Waals surface area (Å²) in [6.07, 6.45) is 4.00. The fourth-order valence-corrected chi connectivity index (χ4v) is 4.41. The molecule has 0 saturated carbocycles. The third-order valence-corrected chi connectivity index (χ3v) is 6.25. The normalized spacial score (nSPS) is 14.7. The Balaban J connectivity index is 1.32. The van der Waals surface area contributed by atoms with Crippen molar-refractivity contribution in [3.8, 4) is 22.5 Å². The number of fused-ring (bicyclic) bond motifs is 1. The minimum atomic E-state index is -0.493. The maximum atomic E-state index is 11.7. The molecule has 0 atom stereocenters. The molecule has 1 aliphatic heterocycles. The second-order valence-electron chi connectivity index (χ2n) is 8.51. The highest BCUT2D eigenvalue weighted by Crippen LogP contribution is 2.26. The summed E-state index contributed by atoms with van der Waals surface area (Å²) in [5.74, 6) is 0.464. The van der Waals surface area contributed by atoms with Gasteiger partial charge >= 0.3 is 0 Å². The van der Waals surface area contributed by atoms with Gasteiger partial charge in [-0.1, -0.05) is 55.0 Å². The molecule has 1 aliphatic rings. The number of piperidine rings is 1. The van der Waals surface area contributed by atoms with Gasteiger partial charge in [-0.2, -0.15) is 0 Å². The van der Waals surface area contributed by atoms with Crippen LogP contribution >= 0.6 is 0 Å². The van der Waals surface area contributed by atoms with Crippen molar-refractivity contribution in [3.63, 3.8) is 0 Å². The quantitative estimate of drug-likeness (QED) is 0.424. The molecule has 32 heavy (non-hydrogen) atoms. The highest BCUT2D eigenvalue weighted by Gasteiger charge is 2.11. The number of aliphatic hydroxyl groups is 1. The number of ketones is 1. The third-order valence-electron chi connectivity index (χ3n) is 6.25. The van der Waals surface area contributed by atoms with Crippen molar-refractivity contribution < 1.29 is 9.90 Å². The number of rotatable bonds is 6. The number of hydrogen-bond acceptors (Lipinski definition) is 4. The lowest BCUT2D eigenvalue weighted by Crippen LogP contribution is -2.28. The van der Waals surface area contributed by atoms with Crippen LogP contribution in [0.1, 0.15) is 35.2 Å². The van der Waals surface area contributed by atoms with Crippen LogP contribution in [0.3, 0.4) is 0 Å². The SMILES string of the molecule is O=C(CO)c1ccc2nc(-c3ccc(-c4ccc(CN5CCCCC5)cc4)cc3)[nH]c2c1. The summed E-state index contributed by atoms with van der Waals surface area (Å²) < 4.78 is 0. The Bertz CT molecular complexity index is 1220. The largest absolute Gasteiger partial charge is 0.388 e. The van der Waals surface area contributed by atoms with E-state index in [1.165, 1.54) is 49.0 Å². The number of carbonyl (C=O) groups is 1. The van der Waals surface area contributed by atoms with Gasteiger partial charge in [0.05, 0.1) is 11.0 Å². The second-order valence-corrected chi connectivity index (χ2v) is 8.51. The number of benzene rings is 3. The number of nitrogens with one attached hydrogen (secondary N) is 1. The van der Waals surface area contributed by atoms with E-state index in [9.17, 15) is 4.79 Å². The van der Waals surface area contributed by atoms with E-state index >= 15 is 0 Å². The Labute approximate surface area is 187 Å². The number of H-pyrrole nitrogens is 1. The van der Waals surface area contributed by atoms with Gasteiger partial charge in [-0.15, -0.1) is 0 Å². The molecule has 0 aliphatic carbocycles. The van der Waals surface area contributed by atoms with Gasteiger partial charge in [0.2, 0.25) is 0 Å². The minimum absolute atomic E-state index is 0.297. The van der Waals surface area contributed by atoms with Crippen molar-refractivity contribution in [1.82, 2.24) is 14.9 Å². The molecule has 2 N–H and O–H groups in total. The molecule has 4 aromatic rings. The molecule has 5 nitrogen and oxygen atoms in total. The summed E-state index contributed by atoms with van der Waals surface area (Å²) >= 11 is 0. The Morgan fingerprint density at radius 3 is 2.22 bits per heavy atom. The average Bonchev–Trinajstić information content (AvgIpc) is 3.28. The minimum Gasteiger partial charge on any atom is -0.388 e. The molecule has 0 amide bonds. The first-order valence-corrected chi connectivity index (χ1v) is 11.3. The van der Waals surface area contributed by atoms with Gasteiger partial charge in [0.15, 0.2) is 5.78 Å². The standard InChI is InChI=1S/C27H27N3O2/c31-18-26(32)23-12-13-24-25(16-23)29-27(28-24)22-10-8-21(9-11-22)20-6-4-19(5-7-20)17-30-14-2-1-3-15-30/h4-13,16,31H,1-3,14-15,17-18H2,(H,28,29). The van der Waals surface area contributed by atoms with E-state index in [4.69, 9.17) is 5.11 Å². The zero-order chi connectivity index (χ0) is 21.9. The van der Waals surface area contributed by atoms with Crippen molar-refractivity contribution in [2.75, 3.05) is 19.7 Å². The van der Waals surface area contributed by atoms with E-state index < -0.39 is 6.61 Å². The Kier molecular flexibility index (Phi) is 5.84. The van der Waals surface area contributed by atoms with Crippen molar-refractivity contribution in [3.05, 3.63) is 77.9 Å². The molecular formula is C27H27N3O2. The number of aliphatic hydroxyl groups excluding tert-OH is 1. The molecule has 0 bridgehead atoms. The van der Waals surface area contributed by atoms with Gasteiger partial charge in [-0.3, -0.25) is 9.69 Å². The summed E-state index contributed by atoms with van der Waals surface area (Å²) in [6, 6.07) is 22.5. The summed E-state index contributed by atoms with van der Waals surface area (Å²) in [7, 11) is 0. The van der Waals surface area contributed by atoms with E-state index in [0.29, 0.717) is 5.56 Å². The predicted octanol–water partition coefficient (Wildman–Crippen LogP) is 5.06. The number of Topliss-reactive ketones (excluding diaryl/α,β-unsaturated/α-hetero) is 1. The molecule has 0 unspecified atom stereocenters. The van der Waals surface area contributed by atoms with Crippen LogP contribution in [-0.2, 0) is 6.54 Å². The van der Waals surface area contributed by atoms with E-state index in [-0.39, 0.29) is 5.78 Å². The zero-order valence-corrected chi connectivity index (χ0v) is 18.1. The molecule has 2 heterocycles. The first-order chi connectivity index (χ1) is 15.7. The number of imidazole rings is 1. The topological polar surface area (TPSA) is 69.2 Å². The van der Waals surface area contributed by atoms with Crippen LogP contribution in [0.5, 0.6) is 0 Å². The number of nitrogens with zero attached hydrogens (tertiary/aromatic N) is 2. The second kappa shape index (κ2) is 9.07. The van der Waals surface area contributed by atoms with Gasteiger partial charge in [-0.25, -0.2) is 4.98 Å². The Morgan fingerprint density at radius 2 is 1.53 bits per heavy atom. The Morgan fingerprint density at radius 1 is 0.875 bits per heavy atom. The average molecular weight is 426 g/mol. The van der Waals surface area contributed by atoms with Gasteiger partial charge < -0.3 is 10.1 Å². The molecule has 5 rings (SSSR count). The molecule has 5 heteroatoms. The number of aromatic nitrogens is 2. The van der Waals surface area contributed by atoms with Gasteiger partial charge in [-0.05, 0) is 60.8 Å². The lowest BCUT2D eigenvalue weighted by molar-refractivity contribution is 0.0904. The maximum Gasteiger partial charge on any atom is 0.188 e. The fourth-order valence-electron chi connectivity index (χ4n) is 4.41. The summed E-state index contributed by atoms with van der Waals surface area (Å²) in [5, 5.41) is 9.07. The first-order valence-electron chi connectivity index (χ1n) is 11.3. The van der Waals surface area contributed by atoms with Crippen LogP contribution in [0, 0.1) is 0 Å². The summed E-state index contributed by atoms with van der Waals surface area (Å²) in [5.41, 5.74) is 6.79. The number of aromatic amines is 1. The molecule has 1 saturated heterocycles. The van der Waals surface area contributed by atoms with Gasteiger partial charge in [0.1, 0.15) is 12.4 Å². The van der Waals surface area contributed by atoms with Crippen LogP contribution in [0.15, 0.2) is 66.7 Å². The number of likely N-dealkylation sites (tertiary alicyclic amines) is 1. The molecular weight excluding hydrogens is 398 g/mol. The smallest absolute Gasteiger partial charge is 0.188 e. The Hall–Kier alpha value is -3.28. The van der Waals surface area contributed by atoms with Crippen molar-refractivity contribution in [2.45, 2.75) is 25.8 Å². The first kappa shape index (κ1) is 20.6. The van der Waals surface area contributed by atoms with Crippen LogP contribution in [0.2, 0.25) is 0 Å². The molecule has 3 aromatic carbocycles. The van der Waals surface area contributed by atoms with Gasteiger partial charge in [0, 0.05) is 17.7 Å². The van der Waals surface area contributed by atoms with E-state index in [1.54, 1.807) is 18.2 Å². The van der Waals surface area contributed by atoms with Crippen LogP contribution in [-0.4, -0.2) is 45.5 Å². The van der Waals surface area contributed by atoms with Crippen LogP contribution in [0.4, 0.5) is 0 Å². The van der Waals surface area contributed by atoms with Crippen molar-refractivity contribution >= 4 is 16.8 Å². The summed E-state index contributed by atoms with van der Waals surface area (Å²) in [4.78, 5) is 22.2. The fraction of sp³-hybridized carbons (Fsp3) is 0.259. The molecule has 1 fully saturated rings. The van der Waals surface area contributed by atoms with Gasteiger partial charge in [0.25, 0.3) is 0 Å². The summed E-state index contributed by atoms with van der Waals surface area (Å²) in [6.45, 7) is 2.97. The molecule has 0 radical (unpaired) electrons. The lowest BCUT2D eigenvalue weighted by Gasteiger charge is -2.26. The highest BCUT2D eigenvalue weighted by atomic mass is 16.3. The van der Waals surface area contributed by atoms with Crippen LogP contribution < -0.4 is 0 Å².